The third-order valence-electron chi connectivity index (χ3n) is 4.84. The Hall–Kier alpha value is -2.36. The lowest BCUT2D eigenvalue weighted by molar-refractivity contribution is -0.0893. The van der Waals surface area contributed by atoms with Crippen molar-refractivity contribution in [2.45, 2.75) is 38.9 Å². The van der Waals surface area contributed by atoms with Gasteiger partial charge in [0, 0.05) is 5.39 Å². The number of nitriles is 1. The molecule has 0 aliphatic heterocycles. The molecule has 2 aromatic carbocycles. The molecule has 0 saturated heterocycles. The van der Waals surface area contributed by atoms with Crippen LogP contribution in [0.4, 0.5) is 4.39 Å². The first-order valence-corrected chi connectivity index (χ1v) is 8.05. The molecule has 0 saturated carbocycles. The molecule has 0 fully saturated rings. The van der Waals surface area contributed by atoms with E-state index < -0.39 is 17.0 Å². The number of halogens is 1. The molecule has 128 valence electrons. The van der Waals surface area contributed by atoms with E-state index in [0.29, 0.717) is 22.0 Å². The summed E-state index contributed by atoms with van der Waals surface area (Å²) < 4.78 is 26.4. The quantitative estimate of drug-likeness (QED) is 0.742. The van der Waals surface area contributed by atoms with Gasteiger partial charge in [0.15, 0.2) is 5.82 Å². The zero-order valence-electron chi connectivity index (χ0n) is 14.7. The van der Waals surface area contributed by atoms with Gasteiger partial charge in [-0.05, 0) is 45.3 Å². The fraction of sp³-hybridized carbons (Fsp3) is 0.316. The van der Waals surface area contributed by atoms with Crippen LogP contribution < -0.4 is 5.46 Å². The summed E-state index contributed by atoms with van der Waals surface area (Å²) in [6.45, 7) is 6.87. The number of aliphatic hydroxyl groups is 1. The zero-order valence-corrected chi connectivity index (χ0v) is 14.7. The maximum absolute atomic E-state index is 14.7. The second-order valence-electron chi connectivity index (χ2n) is 7.17. The molecular formula is C19H19BFNO3. The Kier molecular flexibility index (Phi) is 4.10. The van der Waals surface area contributed by atoms with Gasteiger partial charge in [-0.15, -0.1) is 0 Å². The van der Waals surface area contributed by atoms with Gasteiger partial charge < -0.3 is 14.2 Å². The Morgan fingerprint density at radius 3 is 2.56 bits per heavy atom. The summed E-state index contributed by atoms with van der Waals surface area (Å²) >= 11 is 0. The van der Waals surface area contributed by atoms with Gasteiger partial charge in [-0.3, -0.25) is 0 Å². The van der Waals surface area contributed by atoms with Crippen LogP contribution in [0.1, 0.15) is 33.3 Å². The van der Waals surface area contributed by atoms with Crippen LogP contribution in [0.2, 0.25) is 0 Å². The minimum atomic E-state index is -1.07. The van der Waals surface area contributed by atoms with Gasteiger partial charge >= 0.3 is 7.48 Å². The van der Waals surface area contributed by atoms with E-state index in [9.17, 15) is 14.8 Å². The van der Waals surface area contributed by atoms with Crippen molar-refractivity contribution in [3.05, 3.63) is 41.7 Å². The van der Waals surface area contributed by atoms with Crippen molar-refractivity contribution in [1.29, 1.82) is 5.26 Å². The fourth-order valence-electron chi connectivity index (χ4n) is 2.55. The maximum Gasteiger partial charge on any atom is 0.313 e. The summed E-state index contributed by atoms with van der Waals surface area (Å²) in [6.07, 6.45) is 0. The van der Waals surface area contributed by atoms with E-state index in [1.165, 1.54) is 6.07 Å². The summed E-state index contributed by atoms with van der Waals surface area (Å²) in [5, 5.41) is 20.4. The third-order valence-corrected chi connectivity index (χ3v) is 4.84. The molecular weight excluding hydrogens is 320 g/mol. The molecule has 0 aliphatic rings. The van der Waals surface area contributed by atoms with E-state index in [-0.39, 0.29) is 18.4 Å². The van der Waals surface area contributed by atoms with Crippen molar-refractivity contribution < 1.29 is 18.6 Å². The monoisotopic (exact) mass is 339 g/mol. The minimum Gasteiger partial charge on any atom is -0.456 e. The van der Waals surface area contributed by atoms with Crippen LogP contribution in [-0.4, -0.2) is 23.8 Å². The number of fused-ring (bicyclic) bond motifs is 3. The molecule has 0 spiro atoms. The van der Waals surface area contributed by atoms with E-state index in [1.807, 2.05) is 6.07 Å². The smallest absolute Gasteiger partial charge is 0.313 e. The standard InChI is InChI=1S/C19H19BFNO3/c1-18(2,23)19(3,4)25-20-13-9-11(10-22)16(21)15-12-7-5-6-8-14(12)24-17(13)15/h5-9,20,23H,1-4H3. The number of furan rings is 1. The normalized spacial score (nSPS) is 12.5. The maximum atomic E-state index is 14.7. The van der Waals surface area contributed by atoms with Crippen LogP contribution in [0, 0.1) is 17.1 Å². The van der Waals surface area contributed by atoms with E-state index in [2.05, 4.69) is 0 Å². The first kappa shape index (κ1) is 17.5. The SMILES string of the molecule is CC(C)(O)C(C)(C)OBc1cc(C#N)c(F)c2c1oc1ccccc12. The van der Waals surface area contributed by atoms with Crippen molar-refractivity contribution in [2.75, 3.05) is 0 Å². The summed E-state index contributed by atoms with van der Waals surface area (Å²) in [5.41, 5.74) is -0.483. The number of hydrogen-bond acceptors (Lipinski definition) is 4. The highest BCUT2D eigenvalue weighted by Crippen LogP contribution is 2.31. The summed E-state index contributed by atoms with van der Waals surface area (Å²) in [7, 11) is 0.0856. The van der Waals surface area contributed by atoms with Crippen molar-refractivity contribution in [3.63, 3.8) is 0 Å². The van der Waals surface area contributed by atoms with Crippen LogP contribution in [0.15, 0.2) is 34.7 Å². The number of nitrogens with zero attached hydrogens (tertiary/aromatic N) is 1. The Labute approximate surface area is 146 Å². The molecule has 4 nitrogen and oxygen atoms in total. The molecule has 0 radical (unpaired) electrons. The Bertz CT molecular complexity index is 996. The largest absolute Gasteiger partial charge is 0.456 e. The minimum absolute atomic E-state index is 0.0567. The first-order chi connectivity index (χ1) is 11.7. The Morgan fingerprint density at radius 1 is 1.24 bits per heavy atom. The van der Waals surface area contributed by atoms with Gasteiger partial charge in [-0.25, -0.2) is 4.39 Å². The summed E-state index contributed by atoms with van der Waals surface area (Å²) in [5.74, 6) is -0.590. The average Bonchev–Trinajstić information content (AvgIpc) is 2.93. The van der Waals surface area contributed by atoms with Crippen molar-refractivity contribution in [3.8, 4) is 6.07 Å². The van der Waals surface area contributed by atoms with Gasteiger partial charge in [0.05, 0.1) is 22.2 Å². The zero-order chi connectivity index (χ0) is 18.4. The van der Waals surface area contributed by atoms with E-state index in [4.69, 9.17) is 9.07 Å². The van der Waals surface area contributed by atoms with E-state index in [0.717, 1.165) is 0 Å². The lowest BCUT2D eigenvalue weighted by atomic mass is 9.81. The predicted molar refractivity (Wildman–Crippen MR) is 96.6 cm³/mol. The molecule has 0 bridgehead atoms. The number of benzene rings is 2. The van der Waals surface area contributed by atoms with Crippen LogP contribution in [0.5, 0.6) is 0 Å². The van der Waals surface area contributed by atoms with Gasteiger partial charge in [0.1, 0.15) is 17.2 Å². The average molecular weight is 339 g/mol. The lowest BCUT2D eigenvalue weighted by Gasteiger charge is -2.37. The molecule has 0 atom stereocenters. The molecule has 1 aromatic heterocycles. The van der Waals surface area contributed by atoms with Crippen LogP contribution in [0.25, 0.3) is 21.9 Å². The van der Waals surface area contributed by atoms with Crippen molar-refractivity contribution in [2.24, 2.45) is 0 Å². The number of para-hydroxylation sites is 1. The Morgan fingerprint density at radius 2 is 1.92 bits per heavy atom. The highest BCUT2D eigenvalue weighted by Gasteiger charge is 2.36. The fourth-order valence-corrected chi connectivity index (χ4v) is 2.55. The molecule has 6 heteroatoms. The molecule has 0 unspecified atom stereocenters. The van der Waals surface area contributed by atoms with Crippen LogP contribution >= 0.6 is 0 Å². The second kappa shape index (κ2) is 5.87. The number of hydrogen-bond donors (Lipinski definition) is 1. The lowest BCUT2D eigenvalue weighted by Crippen LogP contribution is -2.49. The van der Waals surface area contributed by atoms with Crippen LogP contribution in [-0.2, 0) is 4.65 Å². The van der Waals surface area contributed by atoms with E-state index in [1.54, 1.807) is 52.0 Å². The number of rotatable bonds is 4. The molecule has 0 amide bonds. The van der Waals surface area contributed by atoms with Crippen molar-refractivity contribution in [1.82, 2.24) is 0 Å². The molecule has 3 aromatic rings. The van der Waals surface area contributed by atoms with Crippen molar-refractivity contribution >= 4 is 34.9 Å². The van der Waals surface area contributed by atoms with Gasteiger partial charge in [0.2, 0.25) is 0 Å². The third kappa shape index (κ3) is 2.90. The molecule has 3 rings (SSSR count). The van der Waals surface area contributed by atoms with Gasteiger partial charge in [-0.2, -0.15) is 5.26 Å². The summed E-state index contributed by atoms with van der Waals surface area (Å²) in [6, 6.07) is 10.5. The molecule has 1 heterocycles. The molecule has 1 N–H and O–H groups in total. The van der Waals surface area contributed by atoms with Gasteiger partial charge in [-0.1, -0.05) is 18.2 Å². The first-order valence-electron chi connectivity index (χ1n) is 8.05. The summed E-state index contributed by atoms with van der Waals surface area (Å²) in [4.78, 5) is 0. The highest BCUT2D eigenvalue weighted by atomic mass is 19.1. The topological polar surface area (TPSA) is 66.4 Å². The van der Waals surface area contributed by atoms with E-state index >= 15 is 0 Å². The Balaban J connectivity index is 2.16. The second-order valence-corrected chi connectivity index (χ2v) is 7.17. The van der Waals surface area contributed by atoms with Gasteiger partial charge in [0.25, 0.3) is 0 Å². The predicted octanol–water partition coefficient (Wildman–Crippen LogP) is 3.14. The van der Waals surface area contributed by atoms with Crippen LogP contribution in [0.3, 0.4) is 0 Å². The molecule has 25 heavy (non-hydrogen) atoms. The highest BCUT2D eigenvalue weighted by molar-refractivity contribution is 6.51. The molecule has 0 aliphatic carbocycles.